The number of hydrogen-bond acceptors (Lipinski definition) is 5. The molecule has 7 nitrogen and oxygen atoms in total. The first-order valence-corrected chi connectivity index (χ1v) is 8.88. The number of carbonyl (C=O) groups is 2. The summed E-state index contributed by atoms with van der Waals surface area (Å²) in [6, 6.07) is 13.9. The zero-order valence-electron chi connectivity index (χ0n) is 14.4. The van der Waals surface area contributed by atoms with Crippen molar-refractivity contribution in [3.05, 3.63) is 69.1 Å². The third-order valence-corrected chi connectivity index (χ3v) is 4.43. The molecule has 1 aromatic heterocycles. The Balaban J connectivity index is 1.92. The number of aromatic nitrogens is 2. The molecule has 27 heavy (non-hydrogen) atoms. The monoisotopic (exact) mass is 429 g/mol. The molecule has 0 aliphatic carbocycles. The smallest absolute Gasteiger partial charge is 0.311 e. The van der Waals surface area contributed by atoms with Crippen LogP contribution in [0.2, 0.25) is 0 Å². The van der Waals surface area contributed by atoms with Gasteiger partial charge in [0.1, 0.15) is 6.54 Å². The highest BCUT2D eigenvalue weighted by Gasteiger charge is 2.15. The molecular formula is C19H16BrN3O4. The Bertz CT molecular complexity index is 1060. The van der Waals surface area contributed by atoms with Crippen molar-refractivity contribution in [3.8, 4) is 0 Å². The van der Waals surface area contributed by atoms with Gasteiger partial charge in [0.05, 0.1) is 24.6 Å². The fraction of sp³-hybridized carbons (Fsp3) is 0.158. The first kappa shape index (κ1) is 18.8. The minimum Gasteiger partial charge on any atom is -0.469 e. The van der Waals surface area contributed by atoms with Crippen molar-refractivity contribution >= 4 is 44.3 Å². The number of amides is 1. The molecule has 2 aromatic carbocycles. The van der Waals surface area contributed by atoms with Gasteiger partial charge in [0.25, 0.3) is 5.56 Å². The topological polar surface area (TPSA) is 90.3 Å². The molecule has 0 aliphatic heterocycles. The molecule has 0 spiro atoms. The number of fused-ring (bicyclic) bond motifs is 1. The quantitative estimate of drug-likeness (QED) is 0.629. The van der Waals surface area contributed by atoms with E-state index in [1.807, 2.05) is 0 Å². The summed E-state index contributed by atoms with van der Waals surface area (Å²) in [4.78, 5) is 36.7. The van der Waals surface area contributed by atoms with Crippen molar-refractivity contribution in [1.82, 2.24) is 9.78 Å². The second kappa shape index (κ2) is 8.13. The zero-order chi connectivity index (χ0) is 19.4. The van der Waals surface area contributed by atoms with Crippen LogP contribution in [0, 0.1) is 0 Å². The largest absolute Gasteiger partial charge is 0.469 e. The lowest BCUT2D eigenvalue weighted by Gasteiger charge is -2.11. The van der Waals surface area contributed by atoms with Gasteiger partial charge in [-0.1, -0.05) is 34.1 Å². The van der Waals surface area contributed by atoms with E-state index in [0.717, 1.165) is 9.15 Å². The van der Waals surface area contributed by atoms with Crippen LogP contribution in [0.15, 0.2) is 57.8 Å². The molecule has 0 unspecified atom stereocenters. The summed E-state index contributed by atoms with van der Waals surface area (Å²) in [5.74, 6) is -0.872. The predicted octanol–water partition coefficient (Wildman–Crippen LogP) is 2.51. The minimum atomic E-state index is -0.475. The number of halogens is 1. The van der Waals surface area contributed by atoms with E-state index in [-0.39, 0.29) is 13.0 Å². The first-order chi connectivity index (χ1) is 13.0. The lowest BCUT2D eigenvalue weighted by atomic mass is 10.1. The second-order valence-corrected chi connectivity index (χ2v) is 6.68. The first-order valence-electron chi connectivity index (χ1n) is 8.09. The maximum absolute atomic E-state index is 12.7. The Labute approximate surface area is 163 Å². The van der Waals surface area contributed by atoms with Gasteiger partial charge in [0, 0.05) is 15.5 Å². The minimum absolute atomic E-state index is 0.0916. The molecule has 1 heterocycles. The Hall–Kier alpha value is -3.00. The number of methoxy groups -OCH3 is 1. The van der Waals surface area contributed by atoms with E-state index >= 15 is 0 Å². The molecule has 3 aromatic rings. The van der Waals surface area contributed by atoms with E-state index in [1.165, 1.54) is 7.11 Å². The molecule has 0 atom stereocenters. The van der Waals surface area contributed by atoms with Gasteiger partial charge in [0.2, 0.25) is 5.91 Å². The molecular weight excluding hydrogens is 414 g/mol. The van der Waals surface area contributed by atoms with Crippen LogP contribution < -0.4 is 10.9 Å². The molecule has 0 bridgehead atoms. The highest BCUT2D eigenvalue weighted by atomic mass is 79.9. The number of hydrogen-bond donors (Lipinski definition) is 1. The normalized spacial score (nSPS) is 10.6. The van der Waals surface area contributed by atoms with Gasteiger partial charge in [-0.15, -0.1) is 0 Å². The highest BCUT2D eigenvalue weighted by molar-refractivity contribution is 9.10. The van der Waals surface area contributed by atoms with Crippen LogP contribution in [-0.2, 0) is 27.3 Å². The molecule has 138 valence electrons. The Morgan fingerprint density at radius 2 is 1.78 bits per heavy atom. The summed E-state index contributed by atoms with van der Waals surface area (Å²) >= 11 is 3.33. The average molecular weight is 430 g/mol. The lowest BCUT2D eigenvalue weighted by molar-refractivity contribution is -0.139. The molecule has 0 aliphatic rings. The number of ether oxygens (including phenoxy) is 1. The van der Waals surface area contributed by atoms with E-state index in [1.54, 1.807) is 48.5 Å². The van der Waals surface area contributed by atoms with Crippen molar-refractivity contribution in [3.63, 3.8) is 0 Å². The SMILES string of the molecule is COC(=O)Cc1nn(CC(=O)Nc2ccc(Br)cc2)c(=O)c2ccccc12. The fourth-order valence-electron chi connectivity index (χ4n) is 2.62. The molecule has 0 fully saturated rings. The molecule has 0 saturated carbocycles. The third-order valence-electron chi connectivity index (χ3n) is 3.91. The van der Waals surface area contributed by atoms with Crippen LogP contribution in [0.25, 0.3) is 10.8 Å². The van der Waals surface area contributed by atoms with Gasteiger partial charge in [-0.3, -0.25) is 14.4 Å². The van der Waals surface area contributed by atoms with E-state index in [2.05, 4.69) is 26.3 Å². The molecule has 0 radical (unpaired) electrons. The standard InChI is InChI=1S/C19H16BrN3O4/c1-27-18(25)10-16-14-4-2-3-5-15(14)19(26)23(22-16)11-17(24)21-13-8-6-12(20)7-9-13/h2-9H,10-11H2,1H3,(H,21,24). The van der Waals surface area contributed by atoms with Crippen molar-refractivity contribution in [2.24, 2.45) is 0 Å². The van der Waals surface area contributed by atoms with E-state index in [0.29, 0.717) is 22.2 Å². The van der Waals surface area contributed by atoms with Gasteiger partial charge in [-0.05, 0) is 30.3 Å². The average Bonchev–Trinajstić information content (AvgIpc) is 2.67. The Kier molecular flexibility index (Phi) is 5.66. The number of carbonyl (C=O) groups excluding carboxylic acids is 2. The third kappa shape index (κ3) is 4.40. The Morgan fingerprint density at radius 3 is 2.44 bits per heavy atom. The highest BCUT2D eigenvalue weighted by Crippen LogP contribution is 2.15. The lowest BCUT2D eigenvalue weighted by Crippen LogP contribution is -2.31. The number of esters is 1. The summed E-state index contributed by atoms with van der Waals surface area (Å²) in [5.41, 5.74) is 0.588. The predicted molar refractivity (Wildman–Crippen MR) is 104 cm³/mol. The van der Waals surface area contributed by atoms with Crippen molar-refractivity contribution < 1.29 is 14.3 Å². The van der Waals surface area contributed by atoms with Crippen molar-refractivity contribution in [1.29, 1.82) is 0 Å². The molecule has 0 saturated heterocycles. The van der Waals surface area contributed by atoms with Crippen LogP contribution >= 0.6 is 15.9 Å². The van der Waals surface area contributed by atoms with Crippen LogP contribution in [0.1, 0.15) is 5.69 Å². The van der Waals surface area contributed by atoms with Gasteiger partial charge >= 0.3 is 5.97 Å². The molecule has 1 amide bonds. The number of nitrogens with one attached hydrogen (secondary N) is 1. The summed E-state index contributed by atoms with van der Waals surface area (Å²) in [6.07, 6.45) is -0.0916. The van der Waals surface area contributed by atoms with Gasteiger partial charge in [-0.25, -0.2) is 4.68 Å². The van der Waals surface area contributed by atoms with Crippen LogP contribution in [0.3, 0.4) is 0 Å². The Morgan fingerprint density at radius 1 is 1.11 bits per heavy atom. The van der Waals surface area contributed by atoms with Gasteiger partial charge < -0.3 is 10.1 Å². The number of nitrogens with zero attached hydrogens (tertiary/aromatic N) is 2. The van der Waals surface area contributed by atoms with Gasteiger partial charge in [-0.2, -0.15) is 5.10 Å². The second-order valence-electron chi connectivity index (χ2n) is 5.76. The summed E-state index contributed by atoms with van der Waals surface area (Å²) in [5, 5.41) is 7.89. The number of rotatable bonds is 5. The fourth-order valence-corrected chi connectivity index (χ4v) is 2.89. The van der Waals surface area contributed by atoms with Gasteiger partial charge in [0.15, 0.2) is 0 Å². The maximum Gasteiger partial charge on any atom is 0.311 e. The summed E-state index contributed by atoms with van der Waals surface area (Å²) in [7, 11) is 1.28. The summed E-state index contributed by atoms with van der Waals surface area (Å²) < 4.78 is 6.65. The molecule has 8 heteroatoms. The van der Waals surface area contributed by atoms with Crippen LogP contribution in [-0.4, -0.2) is 28.8 Å². The summed E-state index contributed by atoms with van der Waals surface area (Å²) in [6.45, 7) is -0.270. The van der Waals surface area contributed by atoms with E-state index in [4.69, 9.17) is 4.74 Å². The number of benzene rings is 2. The maximum atomic E-state index is 12.7. The van der Waals surface area contributed by atoms with Crippen molar-refractivity contribution in [2.45, 2.75) is 13.0 Å². The van der Waals surface area contributed by atoms with Crippen LogP contribution in [0.4, 0.5) is 5.69 Å². The zero-order valence-corrected chi connectivity index (χ0v) is 16.0. The van der Waals surface area contributed by atoms with E-state index in [9.17, 15) is 14.4 Å². The van der Waals surface area contributed by atoms with Crippen LogP contribution in [0.5, 0.6) is 0 Å². The van der Waals surface area contributed by atoms with E-state index < -0.39 is 17.4 Å². The molecule has 3 rings (SSSR count). The van der Waals surface area contributed by atoms with Crippen molar-refractivity contribution in [2.75, 3.05) is 12.4 Å². The number of anilines is 1. The molecule has 1 N–H and O–H groups in total.